The highest BCUT2D eigenvalue weighted by Crippen LogP contribution is 2.16. The fourth-order valence-corrected chi connectivity index (χ4v) is 2.79. The van der Waals surface area contributed by atoms with Crippen molar-refractivity contribution in [1.29, 1.82) is 0 Å². The Morgan fingerprint density at radius 3 is 3.06 bits per heavy atom. The molecule has 18 heavy (non-hydrogen) atoms. The van der Waals surface area contributed by atoms with Gasteiger partial charge in [-0.3, -0.25) is 0 Å². The van der Waals surface area contributed by atoms with Crippen LogP contribution in [-0.4, -0.2) is 31.1 Å². The van der Waals surface area contributed by atoms with Crippen LogP contribution in [0, 0.1) is 5.82 Å². The smallest absolute Gasteiger partial charge is 0.127 e. The molecule has 1 aliphatic rings. The fourth-order valence-electron chi connectivity index (χ4n) is 2.38. The Bertz CT molecular complexity index is 397. The molecule has 1 aromatic rings. The van der Waals surface area contributed by atoms with Crippen LogP contribution in [-0.2, 0) is 6.54 Å². The number of rotatable bonds is 3. The van der Waals surface area contributed by atoms with Crippen LogP contribution in [0.1, 0.15) is 24.8 Å². The molecular formula is C14H20BrFN2. The molecular weight excluding hydrogens is 295 g/mol. The predicted octanol–water partition coefficient (Wildman–Crippen LogP) is 3.16. The lowest BCUT2D eigenvalue weighted by molar-refractivity contribution is 0.343. The average Bonchev–Trinajstić information content (AvgIpc) is 2.55. The molecule has 100 valence electrons. The summed E-state index contributed by atoms with van der Waals surface area (Å²) in [6.45, 7) is 2.90. The van der Waals surface area contributed by atoms with Gasteiger partial charge in [-0.2, -0.15) is 0 Å². The van der Waals surface area contributed by atoms with Crippen molar-refractivity contribution in [3.05, 3.63) is 34.1 Å². The first kappa shape index (κ1) is 14.0. The third kappa shape index (κ3) is 4.04. The molecule has 1 aromatic carbocycles. The van der Waals surface area contributed by atoms with Crippen molar-refractivity contribution >= 4 is 15.9 Å². The van der Waals surface area contributed by atoms with E-state index in [0.29, 0.717) is 12.6 Å². The van der Waals surface area contributed by atoms with Gasteiger partial charge in [0.15, 0.2) is 0 Å². The lowest BCUT2D eigenvalue weighted by atomic mass is 10.1. The zero-order valence-electron chi connectivity index (χ0n) is 10.8. The number of halogens is 2. The summed E-state index contributed by atoms with van der Waals surface area (Å²) in [6, 6.07) is 5.61. The topological polar surface area (TPSA) is 15.3 Å². The summed E-state index contributed by atoms with van der Waals surface area (Å²) in [4.78, 5) is 2.36. The Balaban J connectivity index is 1.88. The van der Waals surface area contributed by atoms with E-state index in [1.807, 2.05) is 6.07 Å². The summed E-state index contributed by atoms with van der Waals surface area (Å²) in [7, 11) is 2.16. The lowest BCUT2D eigenvalue weighted by Crippen LogP contribution is -2.30. The third-order valence-electron chi connectivity index (χ3n) is 3.54. The van der Waals surface area contributed by atoms with Crippen molar-refractivity contribution < 1.29 is 4.39 Å². The van der Waals surface area contributed by atoms with Crippen LogP contribution >= 0.6 is 15.9 Å². The van der Waals surface area contributed by atoms with Crippen LogP contribution in [0.5, 0.6) is 0 Å². The number of hydrogen-bond donors (Lipinski definition) is 1. The van der Waals surface area contributed by atoms with E-state index in [-0.39, 0.29) is 5.82 Å². The highest BCUT2D eigenvalue weighted by molar-refractivity contribution is 9.10. The van der Waals surface area contributed by atoms with Gasteiger partial charge in [-0.15, -0.1) is 0 Å². The zero-order valence-corrected chi connectivity index (χ0v) is 12.3. The third-order valence-corrected chi connectivity index (χ3v) is 4.03. The first-order valence-corrected chi connectivity index (χ1v) is 7.30. The second kappa shape index (κ2) is 6.64. The van der Waals surface area contributed by atoms with Crippen LogP contribution < -0.4 is 5.32 Å². The van der Waals surface area contributed by atoms with Crippen LogP contribution in [0.2, 0.25) is 0 Å². The Morgan fingerprint density at radius 2 is 2.22 bits per heavy atom. The van der Waals surface area contributed by atoms with Gasteiger partial charge in [-0.1, -0.05) is 15.9 Å². The Morgan fingerprint density at radius 1 is 1.39 bits per heavy atom. The minimum atomic E-state index is -0.128. The average molecular weight is 315 g/mol. The molecule has 4 heteroatoms. The summed E-state index contributed by atoms with van der Waals surface area (Å²) in [5, 5.41) is 3.48. The minimum absolute atomic E-state index is 0.128. The van der Waals surface area contributed by atoms with Crippen LogP contribution in [0.3, 0.4) is 0 Å². The molecule has 0 radical (unpaired) electrons. The first-order valence-electron chi connectivity index (χ1n) is 6.51. The normalized spacial score (nSPS) is 21.8. The molecule has 1 atom stereocenters. The van der Waals surface area contributed by atoms with Crippen molar-refractivity contribution in [2.45, 2.75) is 31.8 Å². The van der Waals surface area contributed by atoms with E-state index in [1.165, 1.54) is 25.5 Å². The standard InChI is InChI=1S/C14H20BrFN2/c1-18-7-2-3-13(6-8-18)17-10-11-9-12(15)4-5-14(11)16/h4-5,9,13,17H,2-3,6-8,10H2,1H3. The van der Waals surface area contributed by atoms with Gasteiger partial charge in [0.2, 0.25) is 0 Å². The second-order valence-electron chi connectivity index (χ2n) is 5.05. The van der Waals surface area contributed by atoms with E-state index in [0.717, 1.165) is 23.0 Å². The van der Waals surface area contributed by atoms with E-state index >= 15 is 0 Å². The number of nitrogens with zero attached hydrogens (tertiary/aromatic N) is 1. The molecule has 1 fully saturated rings. The predicted molar refractivity (Wildman–Crippen MR) is 76.1 cm³/mol. The van der Waals surface area contributed by atoms with Crippen molar-refractivity contribution in [1.82, 2.24) is 10.2 Å². The maximum atomic E-state index is 13.6. The van der Waals surface area contributed by atoms with Crippen molar-refractivity contribution in [3.63, 3.8) is 0 Å². The maximum Gasteiger partial charge on any atom is 0.127 e. The highest BCUT2D eigenvalue weighted by Gasteiger charge is 2.14. The van der Waals surface area contributed by atoms with Gasteiger partial charge >= 0.3 is 0 Å². The van der Waals surface area contributed by atoms with Gasteiger partial charge in [-0.25, -0.2) is 4.39 Å². The molecule has 2 nitrogen and oxygen atoms in total. The van der Waals surface area contributed by atoms with Crippen molar-refractivity contribution in [2.24, 2.45) is 0 Å². The van der Waals surface area contributed by atoms with Gasteiger partial charge in [0.1, 0.15) is 5.82 Å². The molecule has 1 aliphatic heterocycles. The van der Waals surface area contributed by atoms with Crippen LogP contribution in [0.4, 0.5) is 4.39 Å². The van der Waals surface area contributed by atoms with E-state index in [9.17, 15) is 4.39 Å². The second-order valence-corrected chi connectivity index (χ2v) is 5.96. The Kier molecular flexibility index (Phi) is 5.15. The highest BCUT2D eigenvalue weighted by atomic mass is 79.9. The molecule has 0 aromatic heterocycles. The van der Waals surface area contributed by atoms with E-state index in [1.54, 1.807) is 6.07 Å². The van der Waals surface area contributed by atoms with Gasteiger partial charge in [0.05, 0.1) is 0 Å². The van der Waals surface area contributed by atoms with E-state index < -0.39 is 0 Å². The molecule has 0 aliphatic carbocycles. The largest absolute Gasteiger partial charge is 0.310 e. The lowest BCUT2D eigenvalue weighted by Gasteiger charge is -2.17. The molecule has 1 saturated heterocycles. The monoisotopic (exact) mass is 314 g/mol. The minimum Gasteiger partial charge on any atom is -0.310 e. The van der Waals surface area contributed by atoms with Gasteiger partial charge in [-0.05, 0) is 57.6 Å². The summed E-state index contributed by atoms with van der Waals surface area (Å²) < 4.78 is 14.5. The molecule has 2 rings (SSSR count). The molecule has 0 saturated carbocycles. The molecule has 1 heterocycles. The van der Waals surface area contributed by atoms with Gasteiger partial charge < -0.3 is 10.2 Å². The fraction of sp³-hybridized carbons (Fsp3) is 0.571. The number of nitrogens with one attached hydrogen (secondary N) is 1. The van der Waals surface area contributed by atoms with Gasteiger partial charge in [0, 0.05) is 22.6 Å². The van der Waals surface area contributed by atoms with Crippen LogP contribution in [0.15, 0.2) is 22.7 Å². The number of hydrogen-bond acceptors (Lipinski definition) is 2. The Hall–Kier alpha value is -0.450. The summed E-state index contributed by atoms with van der Waals surface area (Å²) in [5.74, 6) is -0.128. The Labute approximate surface area is 117 Å². The van der Waals surface area contributed by atoms with Crippen LogP contribution in [0.25, 0.3) is 0 Å². The molecule has 1 N–H and O–H groups in total. The summed E-state index contributed by atoms with van der Waals surface area (Å²) in [6.07, 6.45) is 3.54. The molecule has 1 unspecified atom stereocenters. The quantitative estimate of drug-likeness (QED) is 0.922. The molecule has 0 amide bonds. The number of benzene rings is 1. The first-order chi connectivity index (χ1) is 8.65. The van der Waals surface area contributed by atoms with Gasteiger partial charge in [0.25, 0.3) is 0 Å². The molecule has 0 spiro atoms. The molecule has 0 bridgehead atoms. The number of likely N-dealkylation sites (tertiary alicyclic amines) is 1. The van der Waals surface area contributed by atoms with Crippen molar-refractivity contribution in [3.8, 4) is 0 Å². The summed E-state index contributed by atoms with van der Waals surface area (Å²) in [5.41, 5.74) is 0.738. The SMILES string of the molecule is CN1CCCC(NCc2cc(Br)ccc2F)CC1. The maximum absolute atomic E-state index is 13.6. The van der Waals surface area contributed by atoms with E-state index in [4.69, 9.17) is 0 Å². The van der Waals surface area contributed by atoms with E-state index in [2.05, 4.69) is 33.2 Å². The zero-order chi connectivity index (χ0) is 13.0. The van der Waals surface area contributed by atoms with Crippen molar-refractivity contribution in [2.75, 3.05) is 20.1 Å². The summed E-state index contributed by atoms with van der Waals surface area (Å²) >= 11 is 3.38.